The zero-order chi connectivity index (χ0) is 13.3. The zero-order valence-corrected chi connectivity index (χ0v) is 11.7. The minimum Gasteiger partial charge on any atom is -0.303 e. The fourth-order valence-corrected chi connectivity index (χ4v) is 3.94. The lowest BCUT2D eigenvalue weighted by atomic mass is 9.69. The van der Waals surface area contributed by atoms with Crippen molar-refractivity contribution < 1.29 is 4.79 Å². The van der Waals surface area contributed by atoms with E-state index in [4.69, 9.17) is 0 Å². The van der Waals surface area contributed by atoms with Crippen molar-refractivity contribution in [1.29, 1.82) is 0 Å². The second kappa shape index (κ2) is 5.09. The fraction of sp³-hybridized carbons (Fsp3) is 0.588. The lowest BCUT2D eigenvalue weighted by Crippen LogP contribution is -2.59. The van der Waals surface area contributed by atoms with Crippen LogP contribution in [0.25, 0.3) is 0 Å². The standard InChI is InChI=1S/C17H23NO/c1-14-11-18(12-14)17(16-7-3-2-4-8-16)9-5-6-15(10-17)13-19/h2-4,7-8,13-15H,5-6,9-12H2,1H3/t15?,17-/m1/s1. The van der Waals surface area contributed by atoms with E-state index < -0.39 is 0 Å². The minimum absolute atomic E-state index is 0.123. The minimum atomic E-state index is 0.123. The van der Waals surface area contributed by atoms with Gasteiger partial charge < -0.3 is 4.79 Å². The summed E-state index contributed by atoms with van der Waals surface area (Å²) in [6.45, 7) is 4.68. The van der Waals surface area contributed by atoms with Crippen LogP contribution in [0.3, 0.4) is 0 Å². The highest BCUT2D eigenvalue weighted by molar-refractivity contribution is 5.54. The number of hydrogen-bond acceptors (Lipinski definition) is 2. The average molecular weight is 257 g/mol. The van der Waals surface area contributed by atoms with Gasteiger partial charge in [-0.2, -0.15) is 0 Å². The summed E-state index contributed by atoms with van der Waals surface area (Å²) in [5.74, 6) is 1.04. The van der Waals surface area contributed by atoms with Gasteiger partial charge in [0.2, 0.25) is 0 Å². The van der Waals surface area contributed by atoms with Crippen LogP contribution in [0.5, 0.6) is 0 Å². The van der Waals surface area contributed by atoms with Crippen molar-refractivity contribution in [3.8, 4) is 0 Å². The molecule has 0 amide bonds. The third-order valence-corrected chi connectivity index (χ3v) is 4.94. The average Bonchev–Trinajstić information content (AvgIpc) is 2.45. The van der Waals surface area contributed by atoms with E-state index in [1.54, 1.807) is 0 Å². The number of rotatable bonds is 3. The van der Waals surface area contributed by atoms with Gasteiger partial charge in [0.05, 0.1) is 0 Å². The first-order valence-corrected chi connectivity index (χ1v) is 7.50. The van der Waals surface area contributed by atoms with Crippen LogP contribution >= 0.6 is 0 Å². The number of carbonyl (C=O) groups excluding carboxylic acids is 1. The van der Waals surface area contributed by atoms with Gasteiger partial charge in [0.15, 0.2) is 0 Å². The van der Waals surface area contributed by atoms with Gasteiger partial charge in [0.25, 0.3) is 0 Å². The van der Waals surface area contributed by atoms with E-state index in [0.29, 0.717) is 0 Å². The van der Waals surface area contributed by atoms with Crippen molar-refractivity contribution in [2.75, 3.05) is 13.1 Å². The molecule has 0 spiro atoms. The van der Waals surface area contributed by atoms with Crippen molar-refractivity contribution in [3.05, 3.63) is 35.9 Å². The van der Waals surface area contributed by atoms with E-state index in [1.165, 1.54) is 37.8 Å². The van der Waals surface area contributed by atoms with E-state index in [-0.39, 0.29) is 11.5 Å². The number of carbonyl (C=O) groups is 1. The molecule has 2 fully saturated rings. The first kappa shape index (κ1) is 12.9. The molecule has 2 heteroatoms. The molecule has 1 aromatic rings. The van der Waals surface area contributed by atoms with Crippen molar-refractivity contribution in [3.63, 3.8) is 0 Å². The molecule has 1 unspecified atom stereocenters. The van der Waals surface area contributed by atoms with Crippen LogP contribution in [0.1, 0.15) is 38.2 Å². The van der Waals surface area contributed by atoms with Crippen LogP contribution in [0.2, 0.25) is 0 Å². The maximum absolute atomic E-state index is 11.3. The molecule has 1 saturated heterocycles. The summed E-state index contributed by atoms with van der Waals surface area (Å²) < 4.78 is 0. The smallest absolute Gasteiger partial charge is 0.123 e. The summed E-state index contributed by atoms with van der Waals surface area (Å²) in [5.41, 5.74) is 1.53. The van der Waals surface area contributed by atoms with Crippen LogP contribution in [-0.4, -0.2) is 24.3 Å². The van der Waals surface area contributed by atoms with Gasteiger partial charge in [-0.15, -0.1) is 0 Å². The monoisotopic (exact) mass is 257 g/mol. The van der Waals surface area contributed by atoms with Gasteiger partial charge in [-0.3, -0.25) is 4.90 Å². The Kier molecular flexibility index (Phi) is 3.44. The molecule has 0 N–H and O–H groups in total. The Morgan fingerprint density at radius 3 is 2.63 bits per heavy atom. The van der Waals surface area contributed by atoms with Crippen LogP contribution in [0, 0.1) is 11.8 Å². The number of nitrogens with zero attached hydrogens (tertiary/aromatic N) is 1. The quantitative estimate of drug-likeness (QED) is 0.775. The molecule has 0 bridgehead atoms. The van der Waals surface area contributed by atoms with Gasteiger partial charge in [0.1, 0.15) is 6.29 Å². The Morgan fingerprint density at radius 2 is 2.00 bits per heavy atom. The molecule has 3 rings (SSSR count). The van der Waals surface area contributed by atoms with E-state index >= 15 is 0 Å². The maximum atomic E-state index is 11.3. The van der Waals surface area contributed by atoms with E-state index in [2.05, 4.69) is 42.2 Å². The second-order valence-corrected chi connectivity index (χ2v) is 6.40. The highest BCUT2D eigenvalue weighted by atomic mass is 16.1. The van der Waals surface area contributed by atoms with Gasteiger partial charge >= 0.3 is 0 Å². The molecule has 1 heterocycles. The molecule has 0 aromatic heterocycles. The normalized spacial score (nSPS) is 32.8. The van der Waals surface area contributed by atoms with Gasteiger partial charge in [0, 0.05) is 24.5 Å². The molecule has 102 valence electrons. The number of likely N-dealkylation sites (tertiary alicyclic amines) is 1. The van der Waals surface area contributed by atoms with E-state index in [0.717, 1.165) is 18.8 Å². The zero-order valence-electron chi connectivity index (χ0n) is 11.7. The highest BCUT2D eigenvalue weighted by Crippen LogP contribution is 2.46. The number of aldehydes is 1. The van der Waals surface area contributed by atoms with Crippen molar-refractivity contribution in [2.24, 2.45) is 11.8 Å². The first-order valence-electron chi connectivity index (χ1n) is 7.50. The molecule has 1 aliphatic carbocycles. The fourth-order valence-electron chi connectivity index (χ4n) is 3.94. The molecular weight excluding hydrogens is 234 g/mol. The van der Waals surface area contributed by atoms with Crippen molar-refractivity contribution in [1.82, 2.24) is 4.90 Å². The lowest BCUT2D eigenvalue weighted by molar-refractivity contribution is -0.116. The largest absolute Gasteiger partial charge is 0.303 e. The Balaban J connectivity index is 1.93. The number of benzene rings is 1. The molecular formula is C17H23NO. The maximum Gasteiger partial charge on any atom is 0.123 e. The molecule has 2 nitrogen and oxygen atoms in total. The molecule has 2 aliphatic rings. The van der Waals surface area contributed by atoms with Crippen LogP contribution in [-0.2, 0) is 10.3 Å². The first-order chi connectivity index (χ1) is 9.24. The van der Waals surface area contributed by atoms with Crippen molar-refractivity contribution in [2.45, 2.75) is 38.1 Å². The molecule has 0 radical (unpaired) electrons. The Morgan fingerprint density at radius 1 is 1.26 bits per heavy atom. The summed E-state index contributed by atoms with van der Waals surface area (Å²) in [5, 5.41) is 0. The molecule has 1 aliphatic heterocycles. The predicted molar refractivity (Wildman–Crippen MR) is 76.9 cm³/mol. The lowest BCUT2D eigenvalue weighted by Gasteiger charge is -2.54. The molecule has 2 atom stereocenters. The summed E-state index contributed by atoms with van der Waals surface area (Å²) in [4.78, 5) is 13.9. The Bertz CT molecular complexity index is 438. The van der Waals surface area contributed by atoms with E-state index in [1.807, 2.05) is 0 Å². The molecule has 1 saturated carbocycles. The predicted octanol–water partition coefficient (Wildman–Crippen LogP) is 3.22. The number of hydrogen-bond donors (Lipinski definition) is 0. The van der Waals surface area contributed by atoms with Gasteiger partial charge in [-0.25, -0.2) is 0 Å². The van der Waals surface area contributed by atoms with Gasteiger partial charge in [-0.1, -0.05) is 43.7 Å². The SMILES string of the molecule is CC1CN([C@]2(c3ccccc3)CCCC(C=O)C2)C1. The topological polar surface area (TPSA) is 20.3 Å². The third kappa shape index (κ3) is 2.23. The summed E-state index contributed by atoms with van der Waals surface area (Å²) in [7, 11) is 0. The van der Waals surface area contributed by atoms with Crippen LogP contribution in [0.4, 0.5) is 0 Å². The summed E-state index contributed by atoms with van der Waals surface area (Å²) in [6.07, 6.45) is 5.63. The summed E-state index contributed by atoms with van der Waals surface area (Å²) in [6, 6.07) is 10.8. The second-order valence-electron chi connectivity index (χ2n) is 6.40. The molecule has 19 heavy (non-hydrogen) atoms. The van der Waals surface area contributed by atoms with Crippen LogP contribution in [0.15, 0.2) is 30.3 Å². The van der Waals surface area contributed by atoms with Crippen molar-refractivity contribution >= 4 is 6.29 Å². The Labute approximate surface area is 115 Å². The van der Waals surface area contributed by atoms with Gasteiger partial charge in [-0.05, 0) is 30.7 Å². The summed E-state index contributed by atoms with van der Waals surface area (Å²) >= 11 is 0. The third-order valence-electron chi connectivity index (χ3n) is 4.94. The van der Waals surface area contributed by atoms with E-state index in [9.17, 15) is 4.79 Å². The highest BCUT2D eigenvalue weighted by Gasteiger charge is 2.46. The molecule has 1 aromatic carbocycles. The van der Waals surface area contributed by atoms with Crippen LogP contribution < -0.4 is 0 Å². The Hall–Kier alpha value is -1.15.